The lowest BCUT2D eigenvalue weighted by atomic mass is 10.1. The van der Waals surface area contributed by atoms with Crippen molar-refractivity contribution in [3.05, 3.63) is 52.4 Å². The summed E-state index contributed by atoms with van der Waals surface area (Å²) in [6.45, 7) is 7.32. The first-order chi connectivity index (χ1) is 11.6. The maximum absolute atomic E-state index is 12.5. The lowest BCUT2D eigenvalue weighted by molar-refractivity contribution is 0.0939. The van der Waals surface area contributed by atoms with E-state index < -0.39 is 0 Å². The first-order valence-corrected chi connectivity index (χ1v) is 8.65. The quantitative estimate of drug-likeness (QED) is 0.916. The molecule has 128 valence electrons. The standard InChI is InChI=1S/C19H25N3O2/c1-14-6-8-16(9-7-14)12-20-19(23)18-17(15(2)24-21-18)13-22-10-4-3-5-11-22/h6-9H,3-5,10-13H2,1-2H3,(H,20,23). The number of nitrogens with one attached hydrogen (secondary N) is 1. The molecule has 0 saturated carbocycles. The summed E-state index contributed by atoms with van der Waals surface area (Å²) < 4.78 is 5.29. The van der Waals surface area contributed by atoms with Gasteiger partial charge in [-0.3, -0.25) is 9.69 Å². The van der Waals surface area contributed by atoms with Gasteiger partial charge in [-0.25, -0.2) is 0 Å². The monoisotopic (exact) mass is 327 g/mol. The van der Waals surface area contributed by atoms with Crippen molar-refractivity contribution < 1.29 is 9.32 Å². The zero-order valence-corrected chi connectivity index (χ0v) is 14.5. The van der Waals surface area contributed by atoms with E-state index in [2.05, 4.69) is 15.4 Å². The summed E-state index contributed by atoms with van der Waals surface area (Å²) >= 11 is 0. The van der Waals surface area contributed by atoms with Crippen molar-refractivity contribution in [1.82, 2.24) is 15.4 Å². The molecular formula is C19H25N3O2. The van der Waals surface area contributed by atoms with Crippen LogP contribution in [0.1, 0.15) is 52.2 Å². The summed E-state index contributed by atoms with van der Waals surface area (Å²) in [6, 6.07) is 8.14. The number of aryl methyl sites for hydroxylation is 2. The Balaban J connectivity index is 1.64. The topological polar surface area (TPSA) is 58.4 Å². The second-order valence-corrected chi connectivity index (χ2v) is 6.57. The number of likely N-dealkylation sites (tertiary alicyclic amines) is 1. The molecule has 2 heterocycles. The highest BCUT2D eigenvalue weighted by Gasteiger charge is 2.22. The number of benzene rings is 1. The lowest BCUT2D eigenvalue weighted by Crippen LogP contribution is -2.31. The number of amides is 1. The molecule has 0 unspecified atom stereocenters. The summed E-state index contributed by atoms with van der Waals surface area (Å²) in [7, 11) is 0. The van der Waals surface area contributed by atoms with Crippen LogP contribution in [0.4, 0.5) is 0 Å². The van der Waals surface area contributed by atoms with E-state index in [-0.39, 0.29) is 5.91 Å². The van der Waals surface area contributed by atoms with Crippen molar-refractivity contribution in [2.24, 2.45) is 0 Å². The lowest BCUT2D eigenvalue weighted by Gasteiger charge is -2.26. The van der Waals surface area contributed by atoms with E-state index in [1.807, 2.05) is 38.1 Å². The van der Waals surface area contributed by atoms with E-state index in [4.69, 9.17) is 4.52 Å². The molecule has 5 heteroatoms. The molecule has 0 spiro atoms. The largest absolute Gasteiger partial charge is 0.361 e. The van der Waals surface area contributed by atoms with Gasteiger partial charge in [-0.05, 0) is 45.3 Å². The molecule has 0 radical (unpaired) electrons. The van der Waals surface area contributed by atoms with Gasteiger partial charge in [0, 0.05) is 18.7 Å². The second-order valence-electron chi connectivity index (χ2n) is 6.57. The normalized spacial score (nSPS) is 15.4. The average Bonchev–Trinajstić information content (AvgIpc) is 2.96. The SMILES string of the molecule is Cc1ccc(CNC(=O)c2noc(C)c2CN2CCCCC2)cc1. The van der Waals surface area contributed by atoms with Gasteiger partial charge in [-0.15, -0.1) is 0 Å². The fourth-order valence-electron chi connectivity index (χ4n) is 3.07. The highest BCUT2D eigenvalue weighted by atomic mass is 16.5. The van der Waals surface area contributed by atoms with Crippen LogP contribution in [0.25, 0.3) is 0 Å². The third kappa shape index (κ3) is 4.03. The first kappa shape index (κ1) is 16.7. The van der Waals surface area contributed by atoms with Crippen LogP contribution in [0, 0.1) is 13.8 Å². The van der Waals surface area contributed by atoms with E-state index in [1.54, 1.807) is 0 Å². The molecule has 1 N–H and O–H groups in total. The van der Waals surface area contributed by atoms with Gasteiger partial charge in [-0.1, -0.05) is 41.4 Å². The number of rotatable bonds is 5. The molecule has 1 fully saturated rings. The molecule has 1 aliphatic heterocycles. The Morgan fingerprint density at radius 1 is 1.17 bits per heavy atom. The van der Waals surface area contributed by atoms with Gasteiger partial charge >= 0.3 is 0 Å². The van der Waals surface area contributed by atoms with E-state index >= 15 is 0 Å². The number of carbonyl (C=O) groups excluding carboxylic acids is 1. The summed E-state index contributed by atoms with van der Waals surface area (Å²) in [5.41, 5.74) is 3.62. The van der Waals surface area contributed by atoms with E-state index in [0.717, 1.165) is 36.5 Å². The summed E-state index contributed by atoms with van der Waals surface area (Å²) in [4.78, 5) is 14.9. The molecule has 1 aromatic heterocycles. The van der Waals surface area contributed by atoms with Crippen molar-refractivity contribution in [2.75, 3.05) is 13.1 Å². The number of aromatic nitrogens is 1. The number of hydrogen-bond donors (Lipinski definition) is 1. The third-order valence-corrected chi connectivity index (χ3v) is 4.60. The van der Waals surface area contributed by atoms with E-state index in [9.17, 15) is 4.79 Å². The van der Waals surface area contributed by atoms with Gasteiger partial charge in [-0.2, -0.15) is 0 Å². The Hall–Kier alpha value is -2.14. The minimum absolute atomic E-state index is 0.167. The highest BCUT2D eigenvalue weighted by molar-refractivity contribution is 5.93. The van der Waals surface area contributed by atoms with Crippen molar-refractivity contribution in [3.63, 3.8) is 0 Å². The zero-order chi connectivity index (χ0) is 16.9. The molecule has 0 bridgehead atoms. The summed E-state index contributed by atoms with van der Waals surface area (Å²) in [6.07, 6.45) is 3.74. The van der Waals surface area contributed by atoms with Crippen LogP contribution in [0.15, 0.2) is 28.8 Å². The Morgan fingerprint density at radius 3 is 2.58 bits per heavy atom. The third-order valence-electron chi connectivity index (χ3n) is 4.60. The highest BCUT2D eigenvalue weighted by Crippen LogP contribution is 2.19. The summed E-state index contributed by atoms with van der Waals surface area (Å²) in [5, 5.41) is 6.94. The maximum atomic E-state index is 12.5. The molecule has 0 aliphatic carbocycles. The fourth-order valence-corrected chi connectivity index (χ4v) is 3.07. The van der Waals surface area contributed by atoms with Crippen LogP contribution >= 0.6 is 0 Å². The molecule has 1 aliphatic rings. The molecule has 24 heavy (non-hydrogen) atoms. The van der Waals surface area contributed by atoms with Crippen LogP contribution in [-0.4, -0.2) is 29.1 Å². The average molecular weight is 327 g/mol. The van der Waals surface area contributed by atoms with Crippen molar-refractivity contribution >= 4 is 5.91 Å². The molecule has 2 aromatic rings. The van der Waals surface area contributed by atoms with Crippen molar-refractivity contribution in [2.45, 2.75) is 46.2 Å². The molecule has 3 rings (SSSR count). The summed E-state index contributed by atoms with van der Waals surface area (Å²) in [5.74, 6) is 0.570. The molecule has 1 aromatic carbocycles. The molecule has 1 amide bonds. The number of piperidine rings is 1. The van der Waals surface area contributed by atoms with Crippen molar-refractivity contribution in [1.29, 1.82) is 0 Å². The minimum Gasteiger partial charge on any atom is -0.361 e. The molecule has 5 nitrogen and oxygen atoms in total. The Labute approximate surface area is 143 Å². The molecule has 1 saturated heterocycles. The van der Waals surface area contributed by atoms with Crippen molar-refractivity contribution in [3.8, 4) is 0 Å². The first-order valence-electron chi connectivity index (χ1n) is 8.65. The predicted octanol–water partition coefficient (Wildman–Crippen LogP) is 3.21. The van der Waals surface area contributed by atoms with E-state index in [1.165, 1.54) is 24.8 Å². The Bertz CT molecular complexity index is 685. The molecule has 0 atom stereocenters. The van der Waals surface area contributed by atoms with Gasteiger partial charge in [0.2, 0.25) is 0 Å². The van der Waals surface area contributed by atoms with Gasteiger partial charge in [0.1, 0.15) is 5.76 Å². The van der Waals surface area contributed by atoms with E-state index in [0.29, 0.717) is 12.2 Å². The maximum Gasteiger partial charge on any atom is 0.274 e. The van der Waals surface area contributed by atoms with Crippen LogP contribution in [0.2, 0.25) is 0 Å². The smallest absolute Gasteiger partial charge is 0.274 e. The fraction of sp³-hybridized carbons (Fsp3) is 0.474. The minimum atomic E-state index is -0.167. The van der Waals surface area contributed by atoms with Gasteiger partial charge in [0.05, 0.1) is 0 Å². The Kier molecular flexibility index (Phi) is 5.30. The van der Waals surface area contributed by atoms with Gasteiger partial charge in [0.25, 0.3) is 5.91 Å². The van der Waals surface area contributed by atoms with Gasteiger partial charge < -0.3 is 9.84 Å². The predicted molar refractivity (Wildman–Crippen MR) is 92.7 cm³/mol. The number of hydrogen-bond acceptors (Lipinski definition) is 4. The molecular weight excluding hydrogens is 302 g/mol. The second kappa shape index (κ2) is 7.62. The van der Waals surface area contributed by atoms with Crippen LogP contribution in [0.5, 0.6) is 0 Å². The van der Waals surface area contributed by atoms with Crippen LogP contribution in [-0.2, 0) is 13.1 Å². The number of carbonyl (C=O) groups is 1. The Morgan fingerprint density at radius 2 is 1.88 bits per heavy atom. The zero-order valence-electron chi connectivity index (χ0n) is 14.5. The van der Waals surface area contributed by atoms with Crippen LogP contribution < -0.4 is 5.32 Å². The van der Waals surface area contributed by atoms with Gasteiger partial charge in [0.15, 0.2) is 5.69 Å². The number of nitrogens with zero attached hydrogens (tertiary/aromatic N) is 2. The van der Waals surface area contributed by atoms with Crippen LogP contribution in [0.3, 0.4) is 0 Å².